The summed E-state index contributed by atoms with van der Waals surface area (Å²) in [5.74, 6) is 0.770. The largest absolute Gasteiger partial charge is 0.485 e. The van der Waals surface area contributed by atoms with Crippen molar-refractivity contribution in [3.63, 3.8) is 0 Å². The minimum atomic E-state index is -0.113. The molecule has 19 heavy (non-hydrogen) atoms. The van der Waals surface area contributed by atoms with E-state index in [2.05, 4.69) is 12.1 Å². The van der Waals surface area contributed by atoms with Crippen molar-refractivity contribution >= 4 is 0 Å². The lowest BCUT2D eigenvalue weighted by atomic mass is 9.99. The van der Waals surface area contributed by atoms with Gasteiger partial charge in [-0.3, -0.25) is 0 Å². The van der Waals surface area contributed by atoms with Gasteiger partial charge in [-0.25, -0.2) is 0 Å². The van der Waals surface area contributed by atoms with Crippen LogP contribution in [0.15, 0.2) is 42.5 Å². The predicted molar refractivity (Wildman–Crippen MR) is 69.4 cm³/mol. The Morgan fingerprint density at radius 3 is 2.68 bits per heavy atom. The van der Waals surface area contributed by atoms with Gasteiger partial charge in [0.2, 0.25) is 0 Å². The van der Waals surface area contributed by atoms with E-state index in [1.165, 1.54) is 0 Å². The molecule has 0 aromatic heterocycles. The molecule has 3 rings (SSSR count). The molecule has 0 saturated heterocycles. The first-order valence-corrected chi connectivity index (χ1v) is 6.00. The summed E-state index contributed by atoms with van der Waals surface area (Å²) in [5.41, 5.74) is 3.21. The smallest absolute Gasteiger partial charge is 0.128 e. The quantitative estimate of drug-likeness (QED) is 0.776. The summed E-state index contributed by atoms with van der Waals surface area (Å²) in [4.78, 5) is 0. The standard InChI is InChI=1S/C16H10N2O/c17-9-11-3-1-4-12(7-11)16-8-14-13(10-18)5-2-6-15(14)19-16/h1-7,16H,8H2. The molecule has 3 heteroatoms. The van der Waals surface area contributed by atoms with Crippen LogP contribution >= 0.6 is 0 Å². The molecule has 1 heterocycles. The second-order valence-electron chi connectivity index (χ2n) is 4.44. The molecule has 1 atom stereocenters. The molecule has 1 unspecified atom stereocenters. The van der Waals surface area contributed by atoms with Gasteiger partial charge in [0.25, 0.3) is 0 Å². The molecule has 1 aliphatic heterocycles. The number of ether oxygens (including phenoxy) is 1. The summed E-state index contributed by atoms with van der Waals surface area (Å²) in [6.45, 7) is 0. The van der Waals surface area contributed by atoms with E-state index in [9.17, 15) is 0 Å². The Morgan fingerprint density at radius 2 is 1.89 bits per heavy atom. The second-order valence-corrected chi connectivity index (χ2v) is 4.44. The van der Waals surface area contributed by atoms with Gasteiger partial charge in [0, 0.05) is 12.0 Å². The topological polar surface area (TPSA) is 56.8 Å². The van der Waals surface area contributed by atoms with Gasteiger partial charge in [0.1, 0.15) is 11.9 Å². The fourth-order valence-corrected chi connectivity index (χ4v) is 2.37. The molecule has 3 nitrogen and oxygen atoms in total. The number of rotatable bonds is 1. The SMILES string of the molecule is N#Cc1cccc(C2Cc3c(C#N)cccc3O2)c1. The summed E-state index contributed by atoms with van der Waals surface area (Å²) in [6, 6.07) is 17.2. The maximum atomic E-state index is 9.09. The molecule has 90 valence electrons. The Kier molecular flexibility index (Phi) is 2.67. The Morgan fingerprint density at radius 1 is 1.05 bits per heavy atom. The monoisotopic (exact) mass is 246 g/mol. The average molecular weight is 246 g/mol. The minimum Gasteiger partial charge on any atom is -0.485 e. The van der Waals surface area contributed by atoms with Gasteiger partial charge in [-0.15, -0.1) is 0 Å². The van der Waals surface area contributed by atoms with Crippen LogP contribution < -0.4 is 4.74 Å². The number of benzene rings is 2. The zero-order valence-electron chi connectivity index (χ0n) is 10.1. The van der Waals surface area contributed by atoms with Gasteiger partial charge in [0.05, 0.1) is 23.3 Å². The van der Waals surface area contributed by atoms with Crippen molar-refractivity contribution in [1.82, 2.24) is 0 Å². The maximum Gasteiger partial charge on any atom is 0.128 e. The molecule has 0 spiro atoms. The lowest BCUT2D eigenvalue weighted by Crippen LogP contribution is -2.03. The number of nitriles is 2. The normalized spacial score (nSPS) is 16.0. The third kappa shape index (κ3) is 1.92. The number of hydrogen-bond donors (Lipinski definition) is 0. The molecular formula is C16H10N2O. The van der Waals surface area contributed by atoms with Crippen LogP contribution in [0.2, 0.25) is 0 Å². The van der Waals surface area contributed by atoms with Crippen LogP contribution in [0.3, 0.4) is 0 Å². The first kappa shape index (κ1) is 11.3. The van der Waals surface area contributed by atoms with Crippen molar-refractivity contribution < 1.29 is 4.74 Å². The Bertz CT molecular complexity index is 722. The van der Waals surface area contributed by atoms with Crippen molar-refractivity contribution in [1.29, 1.82) is 10.5 Å². The zero-order chi connectivity index (χ0) is 13.2. The van der Waals surface area contributed by atoms with Crippen LogP contribution in [0.25, 0.3) is 0 Å². The second kappa shape index (κ2) is 4.48. The summed E-state index contributed by atoms with van der Waals surface area (Å²) in [7, 11) is 0. The van der Waals surface area contributed by atoms with Crippen molar-refractivity contribution in [3.8, 4) is 17.9 Å². The molecule has 0 fully saturated rings. The van der Waals surface area contributed by atoms with Crippen molar-refractivity contribution in [2.24, 2.45) is 0 Å². The van der Waals surface area contributed by atoms with Gasteiger partial charge in [-0.2, -0.15) is 10.5 Å². The molecule has 2 aromatic carbocycles. The van der Waals surface area contributed by atoms with Crippen LogP contribution in [-0.2, 0) is 6.42 Å². The van der Waals surface area contributed by atoms with Crippen LogP contribution in [0, 0.1) is 22.7 Å². The average Bonchev–Trinajstić information content (AvgIpc) is 2.91. The Labute approximate surface area is 111 Å². The lowest BCUT2D eigenvalue weighted by molar-refractivity contribution is 0.238. The van der Waals surface area contributed by atoms with Crippen molar-refractivity contribution in [3.05, 3.63) is 64.7 Å². The molecule has 2 aromatic rings. The Hall–Kier alpha value is -2.78. The molecule has 0 amide bonds. The molecule has 0 bridgehead atoms. The summed E-state index contributed by atoms with van der Waals surface area (Å²) in [5, 5.41) is 18.0. The van der Waals surface area contributed by atoms with E-state index in [1.54, 1.807) is 12.1 Å². The zero-order valence-corrected chi connectivity index (χ0v) is 10.1. The summed E-state index contributed by atoms with van der Waals surface area (Å²) >= 11 is 0. The fourth-order valence-electron chi connectivity index (χ4n) is 2.37. The van der Waals surface area contributed by atoms with Crippen LogP contribution in [0.1, 0.15) is 28.4 Å². The highest BCUT2D eigenvalue weighted by molar-refractivity contribution is 5.50. The van der Waals surface area contributed by atoms with Crippen LogP contribution in [0.4, 0.5) is 0 Å². The third-order valence-corrected chi connectivity index (χ3v) is 3.30. The van der Waals surface area contributed by atoms with Crippen LogP contribution in [0.5, 0.6) is 5.75 Å². The molecule has 0 N–H and O–H groups in total. The number of hydrogen-bond acceptors (Lipinski definition) is 3. The van der Waals surface area contributed by atoms with E-state index in [0.29, 0.717) is 17.5 Å². The van der Waals surface area contributed by atoms with E-state index in [-0.39, 0.29) is 6.10 Å². The minimum absolute atomic E-state index is 0.113. The first-order chi connectivity index (χ1) is 9.31. The molecule has 0 saturated carbocycles. The van der Waals surface area contributed by atoms with E-state index < -0.39 is 0 Å². The van der Waals surface area contributed by atoms with Gasteiger partial charge < -0.3 is 4.74 Å². The Balaban J connectivity index is 1.96. The first-order valence-electron chi connectivity index (χ1n) is 6.00. The maximum absolute atomic E-state index is 9.09. The lowest BCUT2D eigenvalue weighted by Gasteiger charge is -2.10. The van der Waals surface area contributed by atoms with Crippen LogP contribution in [-0.4, -0.2) is 0 Å². The third-order valence-electron chi connectivity index (χ3n) is 3.30. The predicted octanol–water partition coefficient (Wildman–Crippen LogP) is 3.11. The molecular weight excluding hydrogens is 236 g/mol. The van der Waals surface area contributed by atoms with E-state index in [1.807, 2.05) is 30.3 Å². The van der Waals surface area contributed by atoms with Crippen molar-refractivity contribution in [2.45, 2.75) is 12.5 Å². The number of nitrogens with zero attached hydrogens (tertiary/aromatic N) is 2. The van der Waals surface area contributed by atoms with Gasteiger partial charge >= 0.3 is 0 Å². The fraction of sp³-hybridized carbons (Fsp3) is 0.125. The van der Waals surface area contributed by atoms with E-state index >= 15 is 0 Å². The van der Waals surface area contributed by atoms with E-state index in [4.69, 9.17) is 15.3 Å². The highest BCUT2D eigenvalue weighted by Crippen LogP contribution is 2.38. The molecule has 0 aliphatic carbocycles. The molecule has 0 radical (unpaired) electrons. The highest BCUT2D eigenvalue weighted by atomic mass is 16.5. The van der Waals surface area contributed by atoms with E-state index in [0.717, 1.165) is 16.9 Å². The number of fused-ring (bicyclic) bond motifs is 1. The van der Waals surface area contributed by atoms with Gasteiger partial charge in [-0.1, -0.05) is 18.2 Å². The summed E-state index contributed by atoms with van der Waals surface area (Å²) in [6.07, 6.45) is 0.561. The molecule has 1 aliphatic rings. The highest BCUT2D eigenvalue weighted by Gasteiger charge is 2.26. The van der Waals surface area contributed by atoms with Gasteiger partial charge in [-0.05, 0) is 29.8 Å². The summed E-state index contributed by atoms with van der Waals surface area (Å²) < 4.78 is 5.87. The van der Waals surface area contributed by atoms with Gasteiger partial charge in [0.15, 0.2) is 0 Å². The van der Waals surface area contributed by atoms with Crippen molar-refractivity contribution in [2.75, 3.05) is 0 Å².